The van der Waals surface area contributed by atoms with Gasteiger partial charge in [-0.05, 0) is 54.7 Å². The molecule has 1 aliphatic carbocycles. The lowest BCUT2D eigenvalue weighted by Gasteiger charge is -2.33. The first kappa shape index (κ1) is 15.7. The Morgan fingerprint density at radius 1 is 1.25 bits per heavy atom. The van der Waals surface area contributed by atoms with E-state index in [0.717, 1.165) is 40.3 Å². The summed E-state index contributed by atoms with van der Waals surface area (Å²) < 4.78 is 2.05. The monoisotopic (exact) mass is 353 g/mol. The molecule has 1 aromatic heterocycles. The lowest BCUT2D eigenvalue weighted by atomic mass is 9.70. The smallest absolute Gasteiger partial charge is 0.120 e. The molecule has 3 nitrogen and oxygen atoms in total. The Balaban J connectivity index is 1.83. The van der Waals surface area contributed by atoms with Gasteiger partial charge in [0, 0.05) is 23.8 Å². The first-order chi connectivity index (χ1) is 11.5. The number of nitrogens with zero attached hydrogens (tertiary/aromatic N) is 2. The number of benzene rings is 1. The first-order valence-corrected chi connectivity index (χ1v) is 9.03. The third kappa shape index (κ3) is 2.19. The van der Waals surface area contributed by atoms with Crippen molar-refractivity contribution in [1.82, 2.24) is 4.57 Å². The molecule has 0 bridgehead atoms. The minimum absolute atomic E-state index is 0.143. The van der Waals surface area contributed by atoms with Crippen LogP contribution in [-0.4, -0.2) is 20.6 Å². The highest BCUT2D eigenvalue weighted by Crippen LogP contribution is 2.46. The maximum atomic E-state index is 5.80. The van der Waals surface area contributed by atoms with Crippen molar-refractivity contribution in [3.8, 4) is 11.3 Å². The van der Waals surface area contributed by atoms with E-state index in [2.05, 4.69) is 35.5 Å². The van der Waals surface area contributed by atoms with E-state index in [0.29, 0.717) is 4.99 Å². The van der Waals surface area contributed by atoms with Gasteiger partial charge in [0.1, 0.15) is 4.99 Å². The summed E-state index contributed by atoms with van der Waals surface area (Å²) in [5.41, 5.74) is 11.1. The predicted octanol–water partition coefficient (Wildman–Crippen LogP) is 4.22. The average molecular weight is 354 g/mol. The van der Waals surface area contributed by atoms with Crippen molar-refractivity contribution in [3.05, 3.63) is 41.6 Å². The minimum atomic E-state index is -0.143. The molecule has 1 aromatic carbocycles. The summed E-state index contributed by atoms with van der Waals surface area (Å²) in [4.78, 5) is 6.20. The van der Waals surface area contributed by atoms with E-state index in [1.165, 1.54) is 18.4 Å². The fourth-order valence-corrected chi connectivity index (χ4v) is 4.55. The lowest BCUT2D eigenvalue weighted by Crippen LogP contribution is -2.37. The highest BCUT2D eigenvalue weighted by atomic mass is 32.1. The number of hydrogen-bond acceptors (Lipinski definition) is 3. The second-order valence-electron chi connectivity index (χ2n) is 6.62. The van der Waals surface area contributed by atoms with Gasteiger partial charge in [-0.25, -0.2) is 0 Å². The van der Waals surface area contributed by atoms with Gasteiger partial charge in [0.2, 0.25) is 0 Å². The maximum Gasteiger partial charge on any atom is 0.120 e. The summed E-state index contributed by atoms with van der Waals surface area (Å²) in [6.45, 7) is 0. The van der Waals surface area contributed by atoms with Crippen molar-refractivity contribution in [3.63, 3.8) is 0 Å². The quantitative estimate of drug-likeness (QED) is 0.822. The molecule has 2 aliphatic rings. The van der Waals surface area contributed by atoms with Gasteiger partial charge in [0.15, 0.2) is 0 Å². The van der Waals surface area contributed by atoms with E-state index < -0.39 is 0 Å². The molecule has 2 N–H and O–H groups in total. The second kappa shape index (κ2) is 5.60. The molecular formula is C19H19N3S2. The SMILES string of the molecule is Cn1c(C(N)=S)ccc1-c1ccc2c(c1)C1(C=N2)CCCCC1=S. The van der Waals surface area contributed by atoms with Crippen molar-refractivity contribution < 1.29 is 0 Å². The minimum Gasteiger partial charge on any atom is -0.388 e. The Morgan fingerprint density at radius 2 is 2.08 bits per heavy atom. The zero-order valence-electron chi connectivity index (χ0n) is 13.6. The Kier molecular flexibility index (Phi) is 3.66. The number of aliphatic imine (C=N–C) groups is 1. The third-order valence-corrected chi connectivity index (χ3v) is 6.07. The number of rotatable bonds is 2. The Hall–Kier alpha value is -1.85. The number of thiocarbonyl (C=S) groups is 2. The van der Waals surface area contributed by atoms with Crippen LogP contribution in [0.3, 0.4) is 0 Å². The van der Waals surface area contributed by atoms with E-state index in [9.17, 15) is 0 Å². The van der Waals surface area contributed by atoms with E-state index in [4.69, 9.17) is 30.2 Å². The molecular weight excluding hydrogens is 334 g/mol. The fraction of sp³-hybridized carbons (Fsp3) is 0.316. The number of fused-ring (bicyclic) bond motifs is 2. The zero-order chi connectivity index (χ0) is 16.9. The normalized spacial score (nSPS) is 22.1. The van der Waals surface area contributed by atoms with Crippen LogP contribution in [0.1, 0.15) is 36.9 Å². The molecule has 1 unspecified atom stereocenters. The maximum absolute atomic E-state index is 5.80. The number of aromatic nitrogens is 1. The van der Waals surface area contributed by atoms with Crippen molar-refractivity contribution in [2.75, 3.05) is 0 Å². The topological polar surface area (TPSA) is 43.3 Å². The first-order valence-electron chi connectivity index (χ1n) is 8.22. The standard InChI is InChI=1S/C19H19N3S2/c1-22-15(7-8-16(22)18(20)24)12-5-6-14-13(10-12)19(11-21-14)9-3-2-4-17(19)23/h5-8,10-11H,2-4,9H2,1H3,(H2,20,24). The molecule has 122 valence electrons. The van der Waals surface area contributed by atoms with Crippen LogP contribution in [0.2, 0.25) is 0 Å². The summed E-state index contributed by atoms with van der Waals surface area (Å²) in [6.07, 6.45) is 6.55. The highest BCUT2D eigenvalue weighted by Gasteiger charge is 2.41. The summed E-state index contributed by atoms with van der Waals surface area (Å²) in [5, 5.41) is 0. The van der Waals surface area contributed by atoms with E-state index in [1.807, 2.05) is 17.7 Å². The average Bonchev–Trinajstić information content (AvgIpc) is 3.12. The van der Waals surface area contributed by atoms with Crippen LogP contribution < -0.4 is 5.73 Å². The number of hydrogen-bond donors (Lipinski definition) is 1. The second-order valence-corrected chi connectivity index (χ2v) is 7.55. The molecule has 24 heavy (non-hydrogen) atoms. The van der Waals surface area contributed by atoms with Crippen molar-refractivity contribution in [2.45, 2.75) is 31.1 Å². The van der Waals surface area contributed by atoms with Crippen LogP contribution in [0.5, 0.6) is 0 Å². The Labute approximate surface area is 152 Å². The van der Waals surface area contributed by atoms with Gasteiger partial charge in [-0.2, -0.15) is 0 Å². The van der Waals surface area contributed by atoms with Gasteiger partial charge in [-0.15, -0.1) is 0 Å². The number of nitrogens with two attached hydrogens (primary N) is 1. The molecule has 1 spiro atoms. The predicted molar refractivity (Wildman–Crippen MR) is 108 cm³/mol. The summed E-state index contributed by atoms with van der Waals surface area (Å²) in [7, 11) is 1.99. The lowest BCUT2D eigenvalue weighted by molar-refractivity contribution is 0.575. The van der Waals surface area contributed by atoms with E-state index in [1.54, 1.807) is 0 Å². The summed E-state index contributed by atoms with van der Waals surface area (Å²) >= 11 is 10.9. The Morgan fingerprint density at radius 3 is 2.79 bits per heavy atom. The molecule has 1 atom stereocenters. The van der Waals surface area contributed by atoms with Crippen LogP contribution >= 0.6 is 24.4 Å². The van der Waals surface area contributed by atoms with Crippen LogP contribution in [0.15, 0.2) is 35.3 Å². The highest BCUT2D eigenvalue weighted by molar-refractivity contribution is 7.80. The van der Waals surface area contributed by atoms with Crippen LogP contribution in [0.25, 0.3) is 11.3 Å². The molecule has 0 saturated heterocycles. The fourth-order valence-electron chi connectivity index (χ4n) is 3.94. The Bertz CT molecular complexity index is 894. The van der Waals surface area contributed by atoms with Gasteiger partial charge in [-0.1, -0.05) is 36.9 Å². The van der Waals surface area contributed by atoms with E-state index in [-0.39, 0.29) is 5.41 Å². The summed E-state index contributed by atoms with van der Waals surface area (Å²) in [5.74, 6) is 0. The van der Waals surface area contributed by atoms with Gasteiger partial charge in [-0.3, -0.25) is 4.99 Å². The van der Waals surface area contributed by atoms with Gasteiger partial charge in [0.05, 0.1) is 16.8 Å². The zero-order valence-corrected chi connectivity index (χ0v) is 15.2. The molecule has 2 heterocycles. The third-order valence-electron chi connectivity index (χ3n) is 5.29. The van der Waals surface area contributed by atoms with Gasteiger partial charge < -0.3 is 10.3 Å². The molecule has 0 radical (unpaired) electrons. The molecule has 0 amide bonds. The van der Waals surface area contributed by atoms with Gasteiger partial charge >= 0.3 is 0 Å². The van der Waals surface area contributed by atoms with Gasteiger partial charge in [0.25, 0.3) is 0 Å². The summed E-state index contributed by atoms with van der Waals surface area (Å²) in [6, 6.07) is 10.5. The van der Waals surface area contributed by atoms with Crippen LogP contribution in [0, 0.1) is 0 Å². The van der Waals surface area contributed by atoms with Crippen LogP contribution in [0.4, 0.5) is 5.69 Å². The van der Waals surface area contributed by atoms with Crippen molar-refractivity contribution in [2.24, 2.45) is 17.8 Å². The largest absolute Gasteiger partial charge is 0.388 e. The molecule has 1 aliphatic heterocycles. The van der Waals surface area contributed by atoms with Crippen molar-refractivity contribution >= 4 is 46.2 Å². The molecule has 1 saturated carbocycles. The molecule has 1 fully saturated rings. The van der Waals surface area contributed by atoms with E-state index >= 15 is 0 Å². The molecule has 2 aromatic rings. The molecule has 4 rings (SSSR count). The van der Waals surface area contributed by atoms with Crippen molar-refractivity contribution in [1.29, 1.82) is 0 Å². The van der Waals surface area contributed by atoms with Crippen LogP contribution in [-0.2, 0) is 12.5 Å². The molecule has 5 heteroatoms.